The number of nitrogens with zero attached hydrogens (tertiary/aromatic N) is 1. The molecule has 2 N–H and O–H groups in total. The molecule has 0 saturated carbocycles. The van der Waals surface area contributed by atoms with Crippen molar-refractivity contribution in [2.75, 3.05) is 20.2 Å². The van der Waals surface area contributed by atoms with Gasteiger partial charge in [0.15, 0.2) is 11.5 Å². The lowest BCUT2D eigenvalue weighted by atomic mass is 10.2. The first-order valence-electron chi connectivity index (χ1n) is 7.12. The lowest BCUT2D eigenvalue weighted by molar-refractivity contribution is -0.130. The van der Waals surface area contributed by atoms with Gasteiger partial charge in [-0.3, -0.25) is 4.79 Å². The molecule has 0 unspecified atom stereocenters. The van der Waals surface area contributed by atoms with E-state index in [-0.39, 0.29) is 29.8 Å². The van der Waals surface area contributed by atoms with Gasteiger partial charge in [0.2, 0.25) is 5.91 Å². The number of benzene rings is 1. The fourth-order valence-corrected chi connectivity index (χ4v) is 1.92. The average Bonchev–Trinajstić information content (AvgIpc) is 2.47. The summed E-state index contributed by atoms with van der Waals surface area (Å²) in [6.45, 7) is -0.00696. The SMILES string of the molecule is CCOc1cc(CN(C)C(=O)CCCN)ccc1OC(F)F.Cl. The largest absolute Gasteiger partial charge is 0.490 e. The van der Waals surface area contributed by atoms with Crippen LogP contribution in [0.2, 0.25) is 0 Å². The van der Waals surface area contributed by atoms with Gasteiger partial charge in [0.25, 0.3) is 0 Å². The average molecular weight is 353 g/mol. The van der Waals surface area contributed by atoms with Crippen molar-refractivity contribution in [3.8, 4) is 11.5 Å². The van der Waals surface area contributed by atoms with Crippen molar-refractivity contribution in [3.63, 3.8) is 0 Å². The van der Waals surface area contributed by atoms with Crippen LogP contribution in [0.25, 0.3) is 0 Å². The number of rotatable bonds is 9. The number of halogens is 3. The highest BCUT2D eigenvalue weighted by molar-refractivity contribution is 5.85. The van der Waals surface area contributed by atoms with Crippen molar-refractivity contribution in [3.05, 3.63) is 23.8 Å². The summed E-state index contributed by atoms with van der Waals surface area (Å²) in [5.41, 5.74) is 6.15. The normalized spacial score (nSPS) is 10.2. The van der Waals surface area contributed by atoms with E-state index < -0.39 is 6.61 Å². The Morgan fingerprint density at radius 3 is 2.61 bits per heavy atom. The lowest BCUT2D eigenvalue weighted by Crippen LogP contribution is -2.26. The van der Waals surface area contributed by atoms with Gasteiger partial charge in [-0.25, -0.2) is 0 Å². The number of amides is 1. The fourth-order valence-electron chi connectivity index (χ4n) is 1.92. The first-order valence-corrected chi connectivity index (χ1v) is 7.12. The van der Waals surface area contributed by atoms with Crippen molar-refractivity contribution < 1.29 is 23.0 Å². The van der Waals surface area contributed by atoms with Crippen molar-refractivity contribution in [2.24, 2.45) is 5.73 Å². The summed E-state index contributed by atoms with van der Waals surface area (Å²) in [7, 11) is 1.68. The van der Waals surface area contributed by atoms with Crippen molar-refractivity contribution >= 4 is 18.3 Å². The van der Waals surface area contributed by atoms with Crippen LogP contribution in [0.5, 0.6) is 11.5 Å². The van der Waals surface area contributed by atoms with E-state index in [0.717, 1.165) is 5.56 Å². The number of nitrogens with two attached hydrogens (primary N) is 1. The van der Waals surface area contributed by atoms with E-state index in [2.05, 4.69) is 4.74 Å². The van der Waals surface area contributed by atoms with Gasteiger partial charge in [-0.2, -0.15) is 8.78 Å². The second-order valence-corrected chi connectivity index (χ2v) is 4.73. The van der Waals surface area contributed by atoms with E-state index in [4.69, 9.17) is 10.5 Å². The maximum atomic E-state index is 12.3. The molecule has 1 rings (SSSR count). The highest BCUT2D eigenvalue weighted by Gasteiger charge is 2.14. The summed E-state index contributed by atoms with van der Waals surface area (Å²) in [5.74, 6) is 0.206. The van der Waals surface area contributed by atoms with Gasteiger partial charge in [-0.05, 0) is 37.6 Å². The van der Waals surface area contributed by atoms with Crippen molar-refractivity contribution in [2.45, 2.75) is 32.9 Å². The van der Waals surface area contributed by atoms with Crippen LogP contribution in [0, 0.1) is 0 Å². The molecule has 5 nitrogen and oxygen atoms in total. The minimum atomic E-state index is -2.91. The number of hydrogen-bond donors (Lipinski definition) is 1. The van der Waals surface area contributed by atoms with Gasteiger partial charge in [-0.1, -0.05) is 6.07 Å². The molecule has 0 bridgehead atoms. The minimum Gasteiger partial charge on any atom is -0.490 e. The Kier molecular flexibility index (Phi) is 10.2. The molecule has 1 aromatic rings. The number of hydrogen-bond acceptors (Lipinski definition) is 4. The first kappa shape index (κ1) is 21.4. The molecule has 0 aromatic heterocycles. The molecule has 1 aromatic carbocycles. The van der Waals surface area contributed by atoms with Crippen LogP contribution in [0.4, 0.5) is 8.78 Å². The van der Waals surface area contributed by atoms with Crippen molar-refractivity contribution in [1.82, 2.24) is 4.90 Å². The summed E-state index contributed by atoms with van der Waals surface area (Å²) in [5, 5.41) is 0. The predicted molar refractivity (Wildman–Crippen MR) is 86.3 cm³/mol. The maximum absolute atomic E-state index is 12.3. The van der Waals surface area contributed by atoms with Gasteiger partial charge in [0, 0.05) is 20.0 Å². The Morgan fingerprint density at radius 2 is 2.04 bits per heavy atom. The molecule has 0 saturated heterocycles. The Labute approximate surface area is 141 Å². The second kappa shape index (κ2) is 11.0. The zero-order chi connectivity index (χ0) is 16.5. The number of carbonyl (C=O) groups excluding carboxylic acids is 1. The Bertz CT molecular complexity index is 490. The van der Waals surface area contributed by atoms with E-state index in [9.17, 15) is 13.6 Å². The summed E-state index contributed by atoms with van der Waals surface area (Å²) in [6, 6.07) is 4.66. The third kappa shape index (κ3) is 7.47. The number of ether oxygens (including phenoxy) is 2. The predicted octanol–water partition coefficient (Wildman–Crippen LogP) is 2.81. The smallest absolute Gasteiger partial charge is 0.387 e. The number of carbonyl (C=O) groups is 1. The van der Waals surface area contributed by atoms with E-state index in [0.29, 0.717) is 32.5 Å². The van der Waals surface area contributed by atoms with Crippen LogP contribution < -0.4 is 15.2 Å². The molecule has 0 fully saturated rings. The van der Waals surface area contributed by atoms with Gasteiger partial charge in [-0.15, -0.1) is 12.4 Å². The Morgan fingerprint density at radius 1 is 1.35 bits per heavy atom. The molecular weight excluding hydrogens is 330 g/mol. The third-order valence-corrected chi connectivity index (χ3v) is 2.96. The number of alkyl halides is 2. The van der Waals surface area contributed by atoms with E-state index in [1.54, 1.807) is 31.0 Å². The van der Waals surface area contributed by atoms with Gasteiger partial charge in [0.1, 0.15) is 0 Å². The molecule has 8 heteroatoms. The fraction of sp³-hybridized carbons (Fsp3) is 0.533. The molecule has 0 heterocycles. The summed E-state index contributed by atoms with van der Waals surface area (Å²) in [4.78, 5) is 13.4. The summed E-state index contributed by atoms with van der Waals surface area (Å²) < 4.78 is 34.4. The molecule has 0 aliphatic heterocycles. The lowest BCUT2D eigenvalue weighted by Gasteiger charge is -2.18. The summed E-state index contributed by atoms with van der Waals surface area (Å²) in [6.07, 6.45) is 1.02. The highest BCUT2D eigenvalue weighted by atomic mass is 35.5. The van der Waals surface area contributed by atoms with Crippen LogP contribution in [-0.2, 0) is 11.3 Å². The highest BCUT2D eigenvalue weighted by Crippen LogP contribution is 2.30. The van der Waals surface area contributed by atoms with Gasteiger partial charge in [0.05, 0.1) is 6.61 Å². The molecular formula is C15H23ClF2N2O3. The van der Waals surface area contributed by atoms with Crippen molar-refractivity contribution in [1.29, 1.82) is 0 Å². The second-order valence-electron chi connectivity index (χ2n) is 4.73. The van der Waals surface area contributed by atoms with Crippen LogP contribution in [-0.4, -0.2) is 37.6 Å². The zero-order valence-corrected chi connectivity index (χ0v) is 14.1. The molecule has 0 radical (unpaired) electrons. The van der Waals surface area contributed by atoms with Gasteiger partial charge < -0.3 is 20.1 Å². The maximum Gasteiger partial charge on any atom is 0.387 e. The van der Waals surface area contributed by atoms with E-state index in [1.807, 2.05) is 0 Å². The molecule has 1 amide bonds. The van der Waals surface area contributed by atoms with Crippen LogP contribution >= 0.6 is 12.4 Å². The van der Waals surface area contributed by atoms with Crippen LogP contribution in [0.1, 0.15) is 25.3 Å². The topological polar surface area (TPSA) is 64.8 Å². The van der Waals surface area contributed by atoms with Crippen LogP contribution in [0.3, 0.4) is 0 Å². The van der Waals surface area contributed by atoms with Crippen LogP contribution in [0.15, 0.2) is 18.2 Å². The van der Waals surface area contributed by atoms with E-state index in [1.165, 1.54) is 6.07 Å². The first-order chi connectivity index (χ1) is 10.5. The Hall–Kier alpha value is -1.60. The molecule has 132 valence electrons. The minimum absolute atomic E-state index is 0. The summed E-state index contributed by atoms with van der Waals surface area (Å²) >= 11 is 0. The standard InChI is InChI=1S/C15H22F2N2O3.ClH/c1-3-21-13-9-11(6-7-12(13)22-15(16)17)10-19(2)14(20)5-4-8-18;/h6-7,9,15H,3-5,8,10,18H2,1-2H3;1H. The van der Waals surface area contributed by atoms with E-state index >= 15 is 0 Å². The molecule has 0 atom stereocenters. The molecule has 0 spiro atoms. The monoisotopic (exact) mass is 352 g/mol. The zero-order valence-electron chi connectivity index (χ0n) is 13.3. The molecule has 23 heavy (non-hydrogen) atoms. The third-order valence-electron chi connectivity index (χ3n) is 2.96. The molecule has 0 aliphatic carbocycles. The Balaban J connectivity index is 0.00000484. The van der Waals surface area contributed by atoms with Gasteiger partial charge >= 0.3 is 6.61 Å². The quantitative estimate of drug-likeness (QED) is 0.742. The molecule has 0 aliphatic rings.